The topological polar surface area (TPSA) is 72.2 Å². The van der Waals surface area contributed by atoms with Crippen molar-refractivity contribution < 1.29 is 9.59 Å². The van der Waals surface area contributed by atoms with Crippen LogP contribution in [0.25, 0.3) is 0 Å². The minimum Gasteiger partial charge on any atom is -0.324 e. The summed E-state index contributed by atoms with van der Waals surface area (Å²) >= 11 is 0. The third kappa shape index (κ3) is 3.54. The number of halogens is 1. The van der Waals surface area contributed by atoms with Gasteiger partial charge in [-0.2, -0.15) is 0 Å². The van der Waals surface area contributed by atoms with E-state index in [2.05, 4.69) is 5.32 Å². The van der Waals surface area contributed by atoms with E-state index in [-0.39, 0.29) is 34.3 Å². The van der Waals surface area contributed by atoms with Crippen LogP contribution in [0.15, 0.2) is 0 Å². The molecule has 5 heteroatoms. The van der Waals surface area contributed by atoms with Crippen molar-refractivity contribution >= 4 is 29.1 Å². The lowest BCUT2D eigenvalue weighted by Crippen LogP contribution is -2.56. The summed E-state index contributed by atoms with van der Waals surface area (Å²) in [6, 6.07) is -0.306. The fourth-order valence-electron chi connectivity index (χ4n) is 1.35. The molecule has 1 aliphatic rings. The molecule has 0 aliphatic carbocycles. The molecule has 0 aromatic rings. The first-order chi connectivity index (χ1) is 5.55. The number of aldehydes is 1. The highest BCUT2D eigenvalue weighted by atomic mass is 79.9. The maximum Gasteiger partial charge on any atom is 0.212 e. The zero-order valence-corrected chi connectivity index (χ0v) is 9.29. The zero-order chi connectivity index (χ0) is 9.19. The van der Waals surface area contributed by atoms with Gasteiger partial charge in [0.05, 0.1) is 6.04 Å². The molecular weight excluding hydrogens is 236 g/mol. The van der Waals surface area contributed by atoms with Crippen LogP contribution in [-0.2, 0) is 9.59 Å². The highest BCUT2D eigenvalue weighted by Crippen LogP contribution is 2.15. The molecule has 0 aromatic carbocycles. The molecule has 1 aliphatic heterocycles. The molecule has 1 fully saturated rings. The highest BCUT2D eigenvalue weighted by molar-refractivity contribution is 8.93. The van der Waals surface area contributed by atoms with Crippen molar-refractivity contribution in [3.05, 3.63) is 0 Å². The Balaban J connectivity index is 0.00000144. The van der Waals surface area contributed by atoms with E-state index in [1.165, 1.54) is 0 Å². The molecule has 76 valence electrons. The van der Waals surface area contributed by atoms with Gasteiger partial charge in [-0.25, -0.2) is 0 Å². The quantitative estimate of drug-likeness (QED) is 0.526. The number of ketones is 1. The molecule has 4 nitrogen and oxygen atoms in total. The predicted octanol–water partition coefficient (Wildman–Crippen LogP) is -0.198. The molecule has 0 saturated carbocycles. The third-order valence-corrected chi connectivity index (χ3v) is 2.22. The zero-order valence-electron chi connectivity index (χ0n) is 7.58. The molecule has 2 unspecified atom stereocenters. The van der Waals surface area contributed by atoms with Crippen molar-refractivity contribution in [1.82, 2.24) is 5.32 Å². The van der Waals surface area contributed by atoms with E-state index < -0.39 is 0 Å². The molecule has 1 rings (SSSR count). The maximum absolute atomic E-state index is 10.9. The van der Waals surface area contributed by atoms with Crippen molar-refractivity contribution in [2.75, 3.05) is 6.54 Å². The summed E-state index contributed by atoms with van der Waals surface area (Å²) in [6.45, 7) is 2.53. The fraction of sp³-hybridized carbons (Fsp3) is 0.750. The molecule has 13 heavy (non-hydrogen) atoms. The van der Waals surface area contributed by atoms with Gasteiger partial charge in [0.1, 0.15) is 0 Å². The first-order valence-corrected chi connectivity index (χ1v) is 4.06. The lowest BCUT2D eigenvalue weighted by molar-refractivity contribution is -0.131. The number of nitrogens with one attached hydrogen (secondary N) is 1. The Kier molecular flexibility index (Phi) is 4.74. The molecule has 0 radical (unpaired) electrons. The number of nitrogens with two attached hydrogens (primary N) is 1. The number of carbonyl (C=O) groups excluding carboxylic acids is 2. The average Bonchev–Trinajstić information content (AvgIpc) is 2.03. The van der Waals surface area contributed by atoms with E-state index in [4.69, 9.17) is 5.73 Å². The second-order valence-corrected chi connectivity index (χ2v) is 3.65. The van der Waals surface area contributed by atoms with Gasteiger partial charge in [-0.05, 0) is 19.8 Å². The van der Waals surface area contributed by atoms with Crippen LogP contribution in [0.2, 0.25) is 0 Å². The van der Waals surface area contributed by atoms with Crippen LogP contribution < -0.4 is 11.1 Å². The first-order valence-electron chi connectivity index (χ1n) is 4.06. The van der Waals surface area contributed by atoms with Crippen LogP contribution in [0, 0.1) is 0 Å². The van der Waals surface area contributed by atoms with E-state index in [0.29, 0.717) is 19.3 Å². The van der Waals surface area contributed by atoms with Gasteiger partial charge in [-0.1, -0.05) is 0 Å². The monoisotopic (exact) mass is 250 g/mol. The van der Waals surface area contributed by atoms with Crippen molar-refractivity contribution in [3.63, 3.8) is 0 Å². The molecule has 0 amide bonds. The van der Waals surface area contributed by atoms with Gasteiger partial charge in [0.2, 0.25) is 5.78 Å². The van der Waals surface area contributed by atoms with Gasteiger partial charge in [0, 0.05) is 12.1 Å². The maximum atomic E-state index is 10.9. The van der Waals surface area contributed by atoms with Gasteiger partial charge in [0.15, 0.2) is 6.29 Å². The Labute approximate surface area is 88.0 Å². The van der Waals surface area contributed by atoms with Crippen molar-refractivity contribution in [1.29, 1.82) is 0 Å². The molecule has 2 atom stereocenters. The Morgan fingerprint density at radius 1 is 1.69 bits per heavy atom. The minimum absolute atomic E-state index is 0. The predicted molar refractivity (Wildman–Crippen MR) is 55.0 cm³/mol. The van der Waals surface area contributed by atoms with E-state index in [0.717, 1.165) is 6.42 Å². The lowest BCUT2D eigenvalue weighted by atomic mass is 9.89. The number of hydrogen-bond acceptors (Lipinski definition) is 4. The number of piperidine rings is 1. The highest BCUT2D eigenvalue weighted by Gasteiger charge is 2.29. The standard InChI is InChI=1S/C8H14N2O2.BrH/c1-8(9)3-2-6(10-5-8)7(12)4-11;/h4,6,10H,2-3,5,9H2,1H3;1H. The molecule has 1 heterocycles. The van der Waals surface area contributed by atoms with Crippen LogP contribution in [0.3, 0.4) is 0 Å². The fourth-order valence-corrected chi connectivity index (χ4v) is 1.35. The smallest absolute Gasteiger partial charge is 0.212 e. The summed E-state index contributed by atoms with van der Waals surface area (Å²) in [5.41, 5.74) is 5.58. The molecular formula is C8H15BrN2O2. The SMILES string of the molecule is Br.CC1(N)CCC(C(=O)C=O)NC1. The Morgan fingerprint density at radius 3 is 2.69 bits per heavy atom. The largest absolute Gasteiger partial charge is 0.324 e. The first kappa shape index (κ1) is 12.7. The summed E-state index contributed by atoms with van der Waals surface area (Å²) in [5, 5.41) is 2.95. The van der Waals surface area contributed by atoms with E-state index >= 15 is 0 Å². The normalized spacial score (nSPS) is 33.2. The second kappa shape index (κ2) is 4.83. The van der Waals surface area contributed by atoms with Gasteiger partial charge in [-0.3, -0.25) is 9.59 Å². The molecule has 0 spiro atoms. The van der Waals surface area contributed by atoms with E-state index in [9.17, 15) is 9.59 Å². The van der Waals surface area contributed by atoms with Crippen LogP contribution in [0.4, 0.5) is 0 Å². The van der Waals surface area contributed by atoms with Crippen LogP contribution in [-0.4, -0.2) is 30.2 Å². The van der Waals surface area contributed by atoms with Gasteiger partial charge in [0.25, 0.3) is 0 Å². The number of rotatable bonds is 2. The summed E-state index contributed by atoms with van der Waals surface area (Å²) in [7, 11) is 0. The summed E-state index contributed by atoms with van der Waals surface area (Å²) in [6.07, 6.45) is 1.81. The van der Waals surface area contributed by atoms with Crippen molar-refractivity contribution in [2.24, 2.45) is 5.73 Å². The summed E-state index contributed by atoms with van der Waals surface area (Å²) in [5.74, 6) is -0.370. The second-order valence-electron chi connectivity index (χ2n) is 3.65. The van der Waals surface area contributed by atoms with Crippen LogP contribution in [0.1, 0.15) is 19.8 Å². The summed E-state index contributed by atoms with van der Waals surface area (Å²) in [4.78, 5) is 21.1. The molecule has 0 aromatic heterocycles. The van der Waals surface area contributed by atoms with E-state index in [1.807, 2.05) is 6.92 Å². The molecule has 1 saturated heterocycles. The minimum atomic E-state index is -0.370. The lowest BCUT2D eigenvalue weighted by Gasteiger charge is -2.33. The molecule has 0 bridgehead atoms. The molecule has 3 N–H and O–H groups in total. The third-order valence-electron chi connectivity index (χ3n) is 2.22. The number of hydrogen-bond donors (Lipinski definition) is 2. The van der Waals surface area contributed by atoms with Crippen molar-refractivity contribution in [2.45, 2.75) is 31.3 Å². The van der Waals surface area contributed by atoms with Crippen LogP contribution >= 0.6 is 17.0 Å². The van der Waals surface area contributed by atoms with Gasteiger partial charge < -0.3 is 11.1 Å². The number of Topliss-reactive ketones (excluding diaryl/α,β-unsaturated/α-hetero) is 1. The Morgan fingerprint density at radius 2 is 2.31 bits per heavy atom. The van der Waals surface area contributed by atoms with Gasteiger partial charge in [-0.15, -0.1) is 17.0 Å². The summed E-state index contributed by atoms with van der Waals surface area (Å²) < 4.78 is 0. The average molecular weight is 251 g/mol. The van der Waals surface area contributed by atoms with Crippen molar-refractivity contribution in [3.8, 4) is 0 Å². The number of carbonyl (C=O) groups is 2. The Bertz CT molecular complexity index is 196. The van der Waals surface area contributed by atoms with Gasteiger partial charge >= 0.3 is 0 Å². The van der Waals surface area contributed by atoms with E-state index in [1.54, 1.807) is 0 Å². The Hall–Kier alpha value is -0.260. The van der Waals surface area contributed by atoms with Crippen LogP contribution in [0.5, 0.6) is 0 Å².